The molecule has 39 heavy (non-hydrogen) atoms. The highest BCUT2D eigenvalue weighted by molar-refractivity contribution is 5.96. The van der Waals surface area contributed by atoms with Gasteiger partial charge in [0.2, 0.25) is 5.91 Å². The monoisotopic (exact) mass is 525 g/mol. The quantitative estimate of drug-likeness (QED) is 0.251. The number of carbonyl (C=O) groups is 1. The number of rotatable bonds is 7. The normalized spacial score (nSPS) is 14.6. The lowest BCUT2D eigenvalue weighted by Crippen LogP contribution is -2.46. The molecule has 3 heterocycles. The molecule has 0 atom stereocenters. The van der Waals surface area contributed by atoms with Crippen molar-refractivity contribution >= 4 is 39.2 Å². The van der Waals surface area contributed by atoms with Crippen molar-refractivity contribution in [1.82, 2.24) is 9.88 Å². The summed E-state index contributed by atoms with van der Waals surface area (Å²) in [5, 5.41) is 13.9. The van der Waals surface area contributed by atoms with Crippen molar-refractivity contribution < 1.29 is 9.21 Å². The van der Waals surface area contributed by atoms with E-state index in [4.69, 9.17) is 4.42 Å². The first-order valence-electron chi connectivity index (χ1n) is 13.6. The van der Waals surface area contributed by atoms with E-state index in [9.17, 15) is 14.9 Å². The molecular weight excluding hydrogens is 490 g/mol. The minimum Gasteiger partial charge on any atom is -0.421 e. The second kappa shape index (κ2) is 11.0. The summed E-state index contributed by atoms with van der Waals surface area (Å²) in [6, 6.07) is 15.6. The average molecular weight is 526 g/mol. The zero-order chi connectivity index (χ0) is 27.6. The van der Waals surface area contributed by atoms with Crippen molar-refractivity contribution in [3.05, 3.63) is 70.2 Å². The van der Waals surface area contributed by atoms with Gasteiger partial charge in [0.05, 0.1) is 11.6 Å². The molecule has 4 aromatic rings. The Hall–Kier alpha value is -4.09. The number of hydrogen-bond acceptors (Lipinski definition) is 6. The van der Waals surface area contributed by atoms with Crippen LogP contribution in [0.5, 0.6) is 0 Å². The summed E-state index contributed by atoms with van der Waals surface area (Å²) >= 11 is 0. The standard InChI is InChI=1S/C31H35N5O3/c1-31(2,3)30(38)34-27-18-23-17-24(8-10-28(23)39-29(27)37)36-14-12-35(13-15-36)11-5-4-6-22-20-33-26-9-7-21(19-32)16-25(22)26/h7-10,16-18,20,33H,4-6,11-15H2,1-3H3,(H,34,38). The third kappa shape index (κ3) is 5.99. The second-order valence-electron chi connectivity index (χ2n) is 11.3. The van der Waals surface area contributed by atoms with Gasteiger partial charge in [0.15, 0.2) is 0 Å². The molecule has 8 nitrogen and oxygen atoms in total. The van der Waals surface area contributed by atoms with Gasteiger partial charge >= 0.3 is 5.63 Å². The van der Waals surface area contributed by atoms with Gasteiger partial charge in [0.1, 0.15) is 11.3 Å². The van der Waals surface area contributed by atoms with Crippen molar-refractivity contribution in [2.75, 3.05) is 42.9 Å². The molecule has 1 fully saturated rings. The van der Waals surface area contributed by atoms with Gasteiger partial charge in [-0.1, -0.05) is 20.8 Å². The highest BCUT2D eigenvalue weighted by Crippen LogP contribution is 2.26. The van der Waals surface area contributed by atoms with E-state index >= 15 is 0 Å². The molecule has 8 heteroatoms. The maximum atomic E-state index is 12.4. The van der Waals surface area contributed by atoms with E-state index in [1.807, 2.05) is 36.4 Å². The molecular formula is C31H35N5O3. The van der Waals surface area contributed by atoms with Crippen molar-refractivity contribution in [2.24, 2.45) is 5.41 Å². The number of carbonyl (C=O) groups excluding carboxylic acids is 1. The number of amides is 1. The molecule has 5 rings (SSSR count). The highest BCUT2D eigenvalue weighted by atomic mass is 16.4. The molecule has 2 aromatic heterocycles. The molecule has 1 aliphatic heterocycles. The SMILES string of the molecule is CC(C)(C)C(=O)Nc1cc2cc(N3CCN(CCCCc4c[nH]c5ccc(C#N)cc45)CC3)ccc2oc1=O. The van der Waals surface area contributed by atoms with Crippen LogP contribution in [0.1, 0.15) is 44.7 Å². The van der Waals surface area contributed by atoms with Gasteiger partial charge in [-0.3, -0.25) is 9.69 Å². The molecule has 0 bridgehead atoms. The highest BCUT2D eigenvalue weighted by Gasteiger charge is 2.23. The zero-order valence-corrected chi connectivity index (χ0v) is 22.8. The third-order valence-electron chi connectivity index (χ3n) is 7.45. The lowest BCUT2D eigenvalue weighted by Gasteiger charge is -2.36. The summed E-state index contributed by atoms with van der Waals surface area (Å²) in [4.78, 5) is 32.9. The number of fused-ring (bicyclic) bond motifs is 2. The smallest absolute Gasteiger partial charge is 0.360 e. The van der Waals surface area contributed by atoms with Gasteiger partial charge in [0, 0.05) is 59.8 Å². The summed E-state index contributed by atoms with van der Waals surface area (Å²) in [5.41, 5.74) is 3.67. The van der Waals surface area contributed by atoms with Gasteiger partial charge in [0.25, 0.3) is 0 Å². The Morgan fingerprint density at radius 1 is 1.08 bits per heavy atom. The number of nitrogens with zero attached hydrogens (tertiary/aromatic N) is 3. The van der Waals surface area contributed by atoms with E-state index in [1.54, 1.807) is 26.8 Å². The Labute approximate surface area is 228 Å². The summed E-state index contributed by atoms with van der Waals surface area (Å²) < 4.78 is 5.47. The van der Waals surface area contributed by atoms with Crippen molar-refractivity contribution in [3.8, 4) is 6.07 Å². The number of benzene rings is 2. The minimum atomic E-state index is -0.610. The van der Waals surface area contributed by atoms with Crippen molar-refractivity contribution in [2.45, 2.75) is 40.0 Å². The Kier molecular flexibility index (Phi) is 7.45. The zero-order valence-electron chi connectivity index (χ0n) is 22.8. The molecule has 0 spiro atoms. The molecule has 0 radical (unpaired) electrons. The van der Waals surface area contributed by atoms with Gasteiger partial charge < -0.3 is 19.6 Å². The van der Waals surface area contributed by atoms with Crippen LogP contribution in [-0.2, 0) is 11.2 Å². The van der Waals surface area contributed by atoms with Crippen LogP contribution in [-0.4, -0.2) is 48.5 Å². The van der Waals surface area contributed by atoms with E-state index in [2.05, 4.69) is 32.4 Å². The number of aryl methyl sites for hydroxylation is 1. The first-order valence-corrected chi connectivity index (χ1v) is 13.6. The van der Waals surface area contributed by atoms with Gasteiger partial charge in [-0.15, -0.1) is 0 Å². The number of hydrogen-bond donors (Lipinski definition) is 2. The van der Waals surface area contributed by atoms with E-state index in [-0.39, 0.29) is 11.6 Å². The van der Waals surface area contributed by atoms with Crippen LogP contribution in [0.2, 0.25) is 0 Å². The fraction of sp³-hybridized carbons (Fsp3) is 0.387. The Bertz CT molecular complexity index is 1600. The Morgan fingerprint density at radius 3 is 2.62 bits per heavy atom. The molecule has 1 amide bonds. The van der Waals surface area contributed by atoms with Crippen LogP contribution >= 0.6 is 0 Å². The van der Waals surface area contributed by atoms with Crippen LogP contribution in [0.4, 0.5) is 11.4 Å². The molecule has 2 N–H and O–H groups in total. The van der Waals surface area contributed by atoms with E-state index in [1.165, 1.54) is 5.56 Å². The number of unbranched alkanes of at least 4 members (excludes halogenated alkanes) is 1. The summed E-state index contributed by atoms with van der Waals surface area (Å²) in [6.07, 6.45) is 5.30. The van der Waals surface area contributed by atoms with Crippen molar-refractivity contribution in [1.29, 1.82) is 5.26 Å². The van der Waals surface area contributed by atoms with Gasteiger partial charge in [-0.2, -0.15) is 5.26 Å². The summed E-state index contributed by atoms with van der Waals surface area (Å²) in [5.74, 6) is -0.226. The molecule has 0 saturated carbocycles. The molecule has 1 saturated heterocycles. The van der Waals surface area contributed by atoms with E-state index in [0.29, 0.717) is 11.1 Å². The van der Waals surface area contributed by atoms with Crippen LogP contribution in [0.15, 0.2) is 57.9 Å². The average Bonchev–Trinajstić information content (AvgIpc) is 3.33. The number of nitriles is 1. The van der Waals surface area contributed by atoms with Crippen LogP contribution < -0.4 is 15.8 Å². The predicted molar refractivity (Wildman–Crippen MR) is 155 cm³/mol. The molecule has 0 aliphatic carbocycles. The fourth-order valence-electron chi connectivity index (χ4n) is 5.04. The van der Waals surface area contributed by atoms with Gasteiger partial charge in [-0.25, -0.2) is 4.79 Å². The number of piperazine rings is 1. The first kappa shape index (κ1) is 26.5. The van der Waals surface area contributed by atoms with Gasteiger partial charge in [-0.05, 0) is 73.8 Å². The molecule has 0 unspecified atom stereocenters. The van der Waals surface area contributed by atoms with Crippen molar-refractivity contribution in [3.63, 3.8) is 0 Å². The minimum absolute atomic E-state index is 0.169. The fourth-order valence-corrected chi connectivity index (χ4v) is 5.04. The lowest BCUT2D eigenvalue weighted by molar-refractivity contribution is -0.123. The Balaban J connectivity index is 1.14. The second-order valence-corrected chi connectivity index (χ2v) is 11.3. The summed E-state index contributed by atoms with van der Waals surface area (Å²) in [6.45, 7) is 10.3. The summed E-state index contributed by atoms with van der Waals surface area (Å²) in [7, 11) is 0. The molecule has 1 aliphatic rings. The number of anilines is 2. The largest absolute Gasteiger partial charge is 0.421 e. The van der Waals surface area contributed by atoms with E-state index < -0.39 is 11.0 Å². The lowest BCUT2D eigenvalue weighted by atomic mass is 9.95. The Morgan fingerprint density at radius 2 is 1.87 bits per heavy atom. The first-order chi connectivity index (χ1) is 18.7. The predicted octanol–water partition coefficient (Wildman–Crippen LogP) is 5.28. The maximum Gasteiger partial charge on any atom is 0.360 e. The third-order valence-corrected chi connectivity index (χ3v) is 7.45. The number of H-pyrrole nitrogens is 1. The maximum absolute atomic E-state index is 12.4. The molecule has 202 valence electrons. The van der Waals surface area contributed by atoms with E-state index in [0.717, 1.165) is 74.0 Å². The number of nitrogens with one attached hydrogen (secondary N) is 2. The van der Waals surface area contributed by atoms with Crippen LogP contribution in [0.25, 0.3) is 21.9 Å². The number of aromatic nitrogens is 1. The molecule has 2 aromatic carbocycles. The number of aromatic amines is 1. The topological polar surface area (TPSA) is 105 Å². The van der Waals surface area contributed by atoms with Crippen LogP contribution in [0.3, 0.4) is 0 Å². The van der Waals surface area contributed by atoms with Crippen LogP contribution in [0, 0.1) is 16.7 Å².